The van der Waals surface area contributed by atoms with Gasteiger partial charge in [-0.2, -0.15) is 0 Å². The van der Waals surface area contributed by atoms with Gasteiger partial charge in [-0.1, -0.05) is 0 Å². The summed E-state index contributed by atoms with van der Waals surface area (Å²) in [6.07, 6.45) is 6.09. The molecule has 0 radical (unpaired) electrons. The fraction of sp³-hybridized carbons (Fsp3) is 0.424. The number of hydrogen-bond acceptors (Lipinski definition) is 7. The molecule has 2 aromatic heterocycles. The predicted molar refractivity (Wildman–Crippen MR) is 181 cm³/mol. The van der Waals surface area contributed by atoms with Crippen molar-refractivity contribution in [2.45, 2.75) is 81.2 Å². The van der Waals surface area contributed by atoms with Gasteiger partial charge in [0.05, 0.1) is 17.3 Å². The predicted octanol–water partition coefficient (Wildman–Crippen LogP) is 4.53. The van der Waals surface area contributed by atoms with Crippen LogP contribution in [0, 0.1) is 38.7 Å². The summed E-state index contributed by atoms with van der Waals surface area (Å²) < 4.78 is 61.1. The lowest BCUT2D eigenvalue weighted by Crippen LogP contribution is -2.58. The average Bonchev–Trinajstić information content (AvgIpc) is 3.61. The summed E-state index contributed by atoms with van der Waals surface area (Å²) in [4.78, 5) is 18.8. The van der Waals surface area contributed by atoms with E-state index in [9.17, 15) is 22.4 Å². The molecule has 0 bridgehead atoms. The minimum Gasteiger partial charge on any atom is -0.369 e. The molecule has 0 fully saturated rings. The molecule has 0 spiro atoms. The fourth-order valence-corrected chi connectivity index (χ4v) is 8.32. The first-order chi connectivity index (χ1) is 23.1. The minimum absolute atomic E-state index is 0.112. The maximum absolute atomic E-state index is 14.4. The smallest absolute Gasteiger partial charge is 0.224 e. The van der Waals surface area contributed by atoms with Crippen molar-refractivity contribution in [3.8, 4) is 0 Å². The molecule has 3 unspecified atom stereocenters. The topological polar surface area (TPSA) is 189 Å². The van der Waals surface area contributed by atoms with Gasteiger partial charge in [0.15, 0.2) is 9.54 Å². The van der Waals surface area contributed by atoms with Crippen LogP contribution in [-0.2, 0) is 41.8 Å². The molecule has 1 amide bonds. The number of H-pyrrole nitrogens is 2. The van der Waals surface area contributed by atoms with Crippen LogP contribution < -0.4 is 28.7 Å². The molecule has 2 heterocycles. The van der Waals surface area contributed by atoms with E-state index in [-0.39, 0.29) is 37.8 Å². The van der Waals surface area contributed by atoms with Gasteiger partial charge in [0.2, 0.25) is 5.91 Å². The first kappa shape index (κ1) is 35.2. The van der Waals surface area contributed by atoms with Gasteiger partial charge in [0.25, 0.3) is 0 Å². The van der Waals surface area contributed by atoms with E-state index in [0.717, 1.165) is 12.1 Å². The molecule has 3 atom stereocenters. The molecule has 49 heavy (non-hydrogen) atoms. The van der Waals surface area contributed by atoms with E-state index >= 15 is 0 Å². The summed E-state index contributed by atoms with van der Waals surface area (Å²) in [6, 6.07) is 3.83. The molecule has 16 heteroatoms. The van der Waals surface area contributed by atoms with E-state index in [0.29, 0.717) is 75.3 Å². The normalized spacial score (nSPS) is 18.6. The summed E-state index contributed by atoms with van der Waals surface area (Å²) in [6.45, 7) is 0. The number of primary amides is 1. The third kappa shape index (κ3) is 6.65. The van der Waals surface area contributed by atoms with Crippen molar-refractivity contribution in [2.24, 2.45) is 34.6 Å². The van der Waals surface area contributed by atoms with Gasteiger partial charge >= 0.3 is 0 Å². The van der Waals surface area contributed by atoms with E-state index < -0.39 is 46.4 Å². The van der Waals surface area contributed by atoms with E-state index in [1.807, 2.05) is 0 Å². The SMILES string of the molecule is NC(=O)C(CCCC(N)(N)c1c[nH]c(=S)n1C1CCc2c(F)cc(F)cc2C1)C(N)(N)c1c[nH]c(=S)n1C1CCc2c(F)cc(F)cc2C1. The Hall–Kier alpha value is -3.67. The van der Waals surface area contributed by atoms with Crippen LogP contribution >= 0.6 is 24.4 Å². The zero-order valence-corrected chi connectivity index (χ0v) is 28.2. The van der Waals surface area contributed by atoms with Gasteiger partial charge < -0.3 is 47.8 Å². The second-order valence-electron chi connectivity index (χ2n) is 13.4. The minimum atomic E-state index is -1.79. The second-order valence-corrected chi connectivity index (χ2v) is 14.1. The molecule has 262 valence electrons. The number of nitrogens with zero attached hydrogens (tertiary/aromatic N) is 2. The number of amides is 1. The van der Waals surface area contributed by atoms with Gasteiger partial charge in [-0.05, 0) is 117 Å². The lowest BCUT2D eigenvalue weighted by atomic mass is 9.83. The Morgan fingerprint density at radius 2 is 1.29 bits per heavy atom. The van der Waals surface area contributed by atoms with Gasteiger partial charge in [-0.25, -0.2) is 17.6 Å². The number of carbonyl (C=O) groups is 1. The standard InChI is InChI=1S/C33H39F4N9OS2/c34-18-8-16-10-20(3-5-22(16)25(36)12-18)45-27(14-43-30(45)48)32(39,40)7-1-2-24(29(38)47)33(41,42)28-15-44-31(49)46(28)21-4-6-23-17(11-21)9-19(35)13-26(23)37/h8-9,12-15,20-21,24H,1-7,10-11,39-42H2,(H2,38,47)(H,43,48)(H,44,49). The van der Waals surface area contributed by atoms with Crippen molar-refractivity contribution in [3.05, 3.63) is 103 Å². The number of aromatic nitrogens is 4. The number of imidazole rings is 2. The van der Waals surface area contributed by atoms with Crippen LogP contribution in [0.15, 0.2) is 36.7 Å². The summed E-state index contributed by atoms with van der Waals surface area (Å²) in [7, 11) is 0. The number of hydrogen-bond donors (Lipinski definition) is 7. The lowest BCUT2D eigenvalue weighted by Gasteiger charge is -2.36. The Morgan fingerprint density at radius 1 is 0.816 bits per heavy atom. The van der Waals surface area contributed by atoms with Crippen molar-refractivity contribution in [1.29, 1.82) is 0 Å². The molecule has 10 nitrogen and oxygen atoms in total. The van der Waals surface area contributed by atoms with E-state index in [2.05, 4.69) is 9.97 Å². The second kappa shape index (κ2) is 13.2. The highest BCUT2D eigenvalue weighted by Gasteiger charge is 2.41. The van der Waals surface area contributed by atoms with Crippen molar-refractivity contribution in [2.75, 3.05) is 0 Å². The van der Waals surface area contributed by atoms with E-state index in [1.165, 1.54) is 18.3 Å². The number of benzene rings is 2. The van der Waals surface area contributed by atoms with Gasteiger partial charge in [-0.15, -0.1) is 0 Å². The Labute approximate surface area is 290 Å². The molecule has 2 aromatic carbocycles. The number of fused-ring (bicyclic) bond motifs is 2. The highest BCUT2D eigenvalue weighted by atomic mass is 32.1. The van der Waals surface area contributed by atoms with Gasteiger partial charge in [0.1, 0.15) is 34.6 Å². The van der Waals surface area contributed by atoms with E-state index in [4.69, 9.17) is 53.1 Å². The van der Waals surface area contributed by atoms with Crippen LogP contribution in [-0.4, -0.2) is 25.0 Å². The summed E-state index contributed by atoms with van der Waals surface area (Å²) >= 11 is 11.1. The summed E-state index contributed by atoms with van der Waals surface area (Å²) in [5, 5.41) is 0. The number of nitrogens with two attached hydrogens (primary N) is 5. The molecule has 0 aliphatic heterocycles. The quantitative estimate of drug-likeness (QED) is 0.0713. The molecule has 6 rings (SSSR count). The first-order valence-electron chi connectivity index (χ1n) is 16.1. The molecular formula is C33H39F4N9OS2. The van der Waals surface area contributed by atoms with Crippen LogP contribution in [0.1, 0.15) is 77.8 Å². The number of rotatable bonds is 10. The molecule has 0 saturated heterocycles. The highest BCUT2D eigenvalue weighted by molar-refractivity contribution is 7.71. The fourth-order valence-electron chi connectivity index (χ4n) is 7.71. The van der Waals surface area contributed by atoms with Crippen LogP contribution in [0.4, 0.5) is 17.6 Å². The summed E-state index contributed by atoms with van der Waals surface area (Å²) in [5.41, 5.74) is 32.3. The lowest BCUT2D eigenvalue weighted by molar-refractivity contribution is -0.124. The van der Waals surface area contributed by atoms with Crippen molar-refractivity contribution in [3.63, 3.8) is 0 Å². The third-order valence-corrected chi connectivity index (χ3v) is 10.8. The molecular weight excluding hydrogens is 679 g/mol. The number of halogens is 4. The Morgan fingerprint density at radius 3 is 1.78 bits per heavy atom. The van der Waals surface area contributed by atoms with Crippen LogP contribution in [0.25, 0.3) is 0 Å². The van der Waals surface area contributed by atoms with Gasteiger partial charge in [0, 0.05) is 36.6 Å². The average molecular weight is 718 g/mol. The van der Waals surface area contributed by atoms with Crippen LogP contribution in [0.5, 0.6) is 0 Å². The zero-order valence-electron chi connectivity index (χ0n) is 26.6. The highest BCUT2D eigenvalue weighted by Crippen LogP contribution is 2.37. The zero-order chi connectivity index (χ0) is 35.4. The number of carbonyl (C=O) groups excluding carboxylic acids is 1. The monoisotopic (exact) mass is 717 g/mol. The molecule has 0 saturated carbocycles. The number of nitrogens with one attached hydrogen (secondary N) is 2. The third-order valence-electron chi connectivity index (χ3n) is 10.1. The first-order valence-corrected chi connectivity index (χ1v) is 16.9. The largest absolute Gasteiger partial charge is 0.369 e. The Kier molecular flexibility index (Phi) is 9.49. The Bertz CT molecular complexity index is 2030. The molecule has 4 aromatic rings. The number of aromatic amines is 2. The molecule has 2 aliphatic rings. The molecule has 12 N–H and O–H groups in total. The van der Waals surface area contributed by atoms with Crippen molar-refractivity contribution >= 4 is 30.3 Å². The maximum atomic E-state index is 14.4. The maximum Gasteiger partial charge on any atom is 0.224 e. The van der Waals surface area contributed by atoms with Crippen molar-refractivity contribution < 1.29 is 22.4 Å². The Balaban J connectivity index is 1.20. The molecule has 2 aliphatic carbocycles. The van der Waals surface area contributed by atoms with Crippen molar-refractivity contribution in [1.82, 2.24) is 19.1 Å². The van der Waals surface area contributed by atoms with Crippen LogP contribution in [0.2, 0.25) is 0 Å². The van der Waals surface area contributed by atoms with Crippen LogP contribution in [0.3, 0.4) is 0 Å². The van der Waals surface area contributed by atoms with E-state index in [1.54, 1.807) is 15.3 Å². The van der Waals surface area contributed by atoms with Gasteiger partial charge in [-0.3, -0.25) is 4.79 Å². The summed E-state index contributed by atoms with van der Waals surface area (Å²) in [5.74, 6) is -4.31.